The molecule has 0 spiro atoms. The molecule has 55 heavy (non-hydrogen) atoms. The highest BCUT2D eigenvalue weighted by Crippen LogP contribution is 2.50. The van der Waals surface area contributed by atoms with Crippen LogP contribution in [0.5, 0.6) is 23.0 Å². The van der Waals surface area contributed by atoms with Crippen LogP contribution in [0.1, 0.15) is 48.9 Å². The Bertz CT molecular complexity index is 1940. The summed E-state index contributed by atoms with van der Waals surface area (Å²) < 4.78 is 32.5. The number of hydrogen-bond acceptors (Lipinski definition) is 10. The first-order chi connectivity index (χ1) is 26.5. The smallest absolute Gasteiger partial charge is 0.336 e. The highest BCUT2D eigenvalue weighted by molar-refractivity contribution is 5.90. The molecule has 4 aromatic carbocycles. The molecule has 0 fully saturated rings. The summed E-state index contributed by atoms with van der Waals surface area (Å²) in [4.78, 5) is 47.7. The van der Waals surface area contributed by atoms with Crippen LogP contribution in [-0.4, -0.2) is 50.3 Å². The second-order valence-electron chi connectivity index (χ2n) is 12.8. The highest BCUT2D eigenvalue weighted by atomic mass is 16.5. The molecular weight excluding hydrogens is 700 g/mol. The van der Waals surface area contributed by atoms with Crippen molar-refractivity contribution in [3.8, 4) is 34.1 Å². The first-order valence-corrected chi connectivity index (χ1v) is 17.7. The van der Waals surface area contributed by atoms with E-state index in [1.807, 2.05) is 48.5 Å². The van der Waals surface area contributed by atoms with E-state index in [9.17, 15) is 19.2 Å². The largest absolute Gasteiger partial charge is 0.493 e. The van der Waals surface area contributed by atoms with Gasteiger partial charge in [0.25, 0.3) is 0 Å². The molecule has 0 amide bonds. The second kappa shape index (κ2) is 18.9. The molecular formula is C45H42O10. The van der Waals surface area contributed by atoms with Crippen LogP contribution in [0.15, 0.2) is 122 Å². The van der Waals surface area contributed by atoms with Gasteiger partial charge in [0.1, 0.15) is 23.0 Å². The quantitative estimate of drug-likeness (QED) is 0.0426. The van der Waals surface area contributed by atoms with Crippen LogP contribution in [0.4, 0.5) is 0 Å². The predicted octanol–water partition coefficient (Wildman–Crippen LogP) is 8.23. The molecule has 0 saturated heterocycles. The second-order valence-corrected chi connectivity index (χ2v) is 12.8. The van der Waals surface area contributed by atoms with Crippen LogP contribution in [0.25, 0.3) is 23.3 Å². The van der Waals surface area contributed by atoms with Crippen molar-refractivity contribution in [1.82, 2.24) is 0 Å². The summed E-state index contributed by atoms with van der Waals surface area (Å²) in [5.74, 6) is 0.182. The Morgan fingerprint density at radius 1 is 0.527 bits per heavy atom. The summed E-state index contributed by atoms with van der Waals surface area (Å²) in [6, 6.07) is 25.6. The summed E-state index contributed by atoms with van der Waals surface area (Å²) in [6.07, 6.45) is 9.39. The van der Waals surface area contributed by atoms with Crippen LogP contribution in [0.2, 0.25) is 0 Å². The molecule has 0 bridgehead atoms. The SMILES string of the molecule is C=CC(=O)OCCCOc1ccc(C=CC(=O)Oc2ccc3c(c2)C(C)(C)c2cc(OC(=O)C=Cc4ccc(OCCCOC(=O)C=C)cc4)ccc2-3)cc1. The molecule has 10 heteroatoms. The maximum absolute atomic E-state index is 12.7. The van der Waals surface area contributed by atoms with Gasteiger partial charge in [0, 0.05) is 42.6 Å². The number of hydrogen-bond donors (Lipinski definition) is 0. The molecule has 0 aliphatic heterocycles. The molecule has 0 saturated carbocycles. The fourth-order valence-corrected chi connectivity index (χ4v) is 5.76. The van der Waals surface area contributed by atoms with E-state index in [4.69, 9.17) is 28.4 Å². The lowest BCUT2D eigenvalue weighted by Crippen LogP contribution is -2.16. The zero-order valence-electron chi connectivity index (χ0n) is 30.8. The van der Waals surface area contributed by atoms with Gasteiger partial charge in [-0.05, 0) is 94.1 Å². The van der Waals surface area contributed by atoms with E-state index in [1.165, 1.54) is 12.2 Å². The third-order valence-electron chi connectivity index (χ3n) is 8.58. The van der Waals surface area contributed by atoms with Gasteiger partial charge in [-0.25, -0.2) is 19.2 Å². The first-order valence-electron chi connectivity index (χ1n) is 17.7. The molecule has 0 atom stereocenters. The van der Waals surface area contributed by atoms with Crippen LogP contribution < -0.4 is 18.9 Å². The summed E-state index contributed by atoms with van der Waals surface area (Å²) in [7, 11) is 0. The maximum atomic E-state index is 12.7. The van der Waals surface area contributed by atoms with Crippen LogP contribution in [0, 0.1) is 0 Å². The van der Waals surface area contributed by atoms with Crippen molar-refractivity contribution in [1.29, 1.82) is 0 Å². The van der Waals surface area contributed by atoms with Crippen molar-refractivity contribution >= 4 is 36.0 Å². The number of rotatable bonds is 18. The van der Waals surface area contributed by atoms with Gasteiger partial charge in [0.05, 0.1) is 26.4 Å². The Labute approximate surface area is 320 Å². The molecule has 1 aliphatic carbocycles. The van der Waals surface area contributed by atoms with Crippen molar-refractivity contribution < 1.29 is 47.6 Å². The molecule has 0 radical (unpaired) electrons. The molecule has 1 aliphatic rings. The number of carbonyl (C=O) groups excluding carboxylic acids is 4. The van der Waals surface area contributed by atoms with Crippen molar-refractivity contribution in [3.63, 3.8) is 0 Å². The highest BCUT2D eigenvalue weighted by Gasteiger charge is 2.36. The van der Waals surface area contributed by atoms with Gasteiger partial charge in [-0.2, -0.15) is 0 Å². The minimum atomic E-state index is -0.519. The fraction of sp³-hybridized carbons (Fsp3) is 0.200. The standard InChI is InChI=1S/C45H42O10/c1-5-41(46)52-27-7-25-50-33-15-9-31(10-16-33)13-23-43(48)54-35-19-21-37-38-22-20-36(30-40(38)45(3,4)39(37)29-35)55-44(49)24-14-32-11-17-34(18-12-32)51-26-8-28-53-42(47)6-2/h5-6,9-24,29-30H,1-2,7-8,25-28H2,3-4H3. The fourth-order valence-electron chi connectivity index (χ4n) is 5.76. The van der Waals surface area contributed by atoms with E-state index in [2.05, 4.69) is 27.0 Å². The molecule has 10 nitrogen and oxygen atoms in total. The summed E-state index contributed by atoms with van der Waals surface area (Å²) in [5.41, 5.74) is 5.12. The van der Waals surface area contributed by atoms with Crippen molar-refractivity contribution in [3.05, 3.63) is 145 Å². The molecule has 5 rings (SSSR count). The van der Waals surface area contributed by atoms with Gasteiger partial charge in [-0.15, -0.1) is 0 Å². The summed E-state index contributed by atoms with van der Waals surface area (Å²) >= 11 is 0. The minimum Gasteiger partial charge on any atom is -0.493 e. The number of ether oxygens (including phenoxy) is 6. The minimum absolute atomic E-state index is 0.248. The zero-order chi connectivity index (χ0) is 39.2. The van der Waals surface area contributed by atoms with Gasteiger partial charge >= 0.3 is 23.9 Å². The van der Waals surface area contributed by atoms with Crippen molar-refractivity contribution in [2.24, 2.45) is 0 Å². The van der Waals surface area contributed by atoms with E-state index in [0.717, 1.165) is 45.5 Å². The van der Waals surface area contributed by atoms with Gasteiger partial charge in [0.15, 0.2) is 0 Å². The third-order valence-corrected chi connectivity index (χ3v) is 8.58. The van der Waals surface area contributed by atoms with E-state index in [-0.39, 0.29) is 13.2 Å². The lowest BCUT2D eigenvalue weighted by Gasteiger charge is -2.22. The summed E-state index contributed by atoms with van der Waals surface area (Å²) in [6.45, 7) is 12.1. The lowest BCUT2D eigenvalue weighted by atomic mass is 9.82. The third kappa shape index (κ3) is 11.2. The summed E-state index contributed by atoms with van der Waals surface area (Å²) in [5, 5.41) is 0. The average Bonchev–Trinajstić information content (AvgIpc) is 3.41. The Morgan fingerprint density at radius 2 is 0.909 bits per heavy atom. The predicted molar refractivity (Wildman–Crippen MR) is 209 cm³/mol. The Hall–Kier alpha value is -6.68. The first kappa shape index (κ1) is 39.5. The monoisotopic (exact) mass is 742 g/mol. The average molecular weight is 743 g/mol. The topological polar surface area (TPSA) is 124 Å². The molecule has 0 aromatic heterocycles. The van der Waals surface area contributed by atoms with E-state index in [1.54, 1.807) is 48.6 Å². The molecule has 282 valence electrons. The van der Waals surface area contributed by atoms with Crippen molar-refractivity contribution in [2.75, 3.05) is 26.4 Å². The molecule has 4 aromatic rings. The van der Waals surface area contributed by atoms with Gasteiger partial charge in [0.2, 0.25) is 0 Å². The molecule has 0 N–H and O–H groups in total. The van der Waals surface area contributed by atoms with Crippen molar-refractivity contribution in [2.45, 2.75) is 32.1 Å². The number of fused-ring (bicyclic) bond motifs is 3. The van der Waals surface area contributed by atoms with Crippen LogP contribution in [-0.2, 0) is 34.1 Å². The Kier molecular flexibility index (Phi) is 13.6. The number of carbonyl (C=O) groups is 4. The Balaban J connectivity index is 1.11. The van der Waals surface area contributed by atoms with Crippen LogP contribution in [0.3, 0.4) is 0 Å². The Morgan fingerprint density at radius 3 is 1.29 bits per heavy atom. The number of benzene rings is 4. The number of esters is 4. The zero-order valence-corrected chi connectivity index (χ0v) is 30.8. The molecule has 0 unspecified atom stereocenters. The van der Waals surface area contributed by atoms with E-state index >= 15 is 0 Å². The van der Waals surface area contributed by atoms with Gasteiger partial charge in [-0.3, -0.25) is 0 Å². The van der Waals surface area contributed by atoms with E-state index < -0.39 is 29.3 Å². The lowest BCUT2D eigenvalue weighted by molar-refractivity contribution is -0.138. The van der Waals surface area contributed by atoms with Crippen LogP contribution >= 0.6 is 0 Å². The van der Waals surface area contributed by atoms with Gasteiger partial charge in [-0.1, -0.05) is 63.4 Å². The maximum Gasteiger partial charge on any atom is 0.336 e. The van der Waals surface area contributed by atoms with E-state index in [0.29, 0.717) is 49.1 Å². The van der Waals surface area contributed by atoms with Gasteiger partial charge < -0.3 is 28.4 Å². The normalized spacial score (nSPS) is 12.3. The molecule has 0 heterocycles.